The number of hydrogen-bond donors (Lipinski definition) is 0. The van der Waals surface area contributed by atoms with Crippen LogP contribution < -0.4 is 0 Å². The van der Waals surface area contributed by atoms with Gasteiger partial charge in [0.25, 0.3) is 0 Å². The highest BCUT2D eigenvalue weighted by molar-refractivity contribution is 6.34. The lowest BCUT2D eigenvalue weighted by Gasteiger charge is -2.27. The van der Waals surface area contributed by atoms with Gasteiger partial charge in [-0.2, -0.15) is 0 Å². The Hall–Kier alpha value is -1.71. The van der Waals surface area contributed by atoms with Gasteiger partial charge in [-0.25, -0.2) is 4.98 Å². The van der Waals surface area contributed by atoms with Crippen molar-refractivity contribution in [2.45, 2.75) is 38.5 Å². The van der Waals surface area contributed by atoms with Crippen LogP contribution >= 0.6 is 23.2 Å². The maximum absolute atomic E-state index is 12.9. The van der Waals surface area contributed by atoms with Crippen molar-refractivity contribution in [2.75, 3.05) is 0 Å². The van der Waals surface area contributed by atoms with Crippen LogP contribution in [0.3, 0.4) is 0 Å². The second-order valence-corrected chi connectivity index (χ2v) is 7.93. The number of fused-ring (bicyclic) bond motifs is 2. The van der Waals surface area contributed by atoms with E-state index in [0.717, 1.165) is 47.9 Å². The molecule has 134 valence electrons. The molecular formula is C21H19Cl2NO2. The maximum atomic E-state index is 12.9. The molecule has 1 aromatic carbocycles. The summed E-state index contributed by atoms with van der Waals surface area (Å²) in [4.78, 5) is 30.0. The topological polar surface area (TPSA) is 47.0 Å². The van der Waals surface area contributed by atoms with Crippen molar-refractivity contribution in [1.29, 1.82) is 0 Å². The minimum absolute atomic E-state index is 0.0387. The molecule has 2 bridgehead atoms. The normalized spacial score (nSPS) is 25.0. The Morgan fingerprint density at radius 3 is 2.35 bits per heavy atom. The minimum atomic E-state index is -0.629. The average Bonchev–Trinajstić information content (AvgIpc) is 3.07. The number of aromatic nitrogens is 1. The van der Waals surface area contributed by atoms with Crippen LogP contribution in [0.5, 0.6) is 0 Å². The molecule has 3 atom stereocenters. The van der Waals surface area contributed by atoms with Gasteiger partial charge in [0.15, 0.2) is 11.6 Å². The number of carbonyl (C=O) groups excluding carboxylic acids is 2. The van der Waals surface area contributed by atoms with E-state index in [9.17, 15) is 9.59 Å². The van der Waals surface area contributed by atoms with E-state index >= 15 is 0 Å². The number of halogens is 2. The molecule has 3 nitrogen and oxygen atoms in total. The summed E-state index contributed by atoms with van der Waals surface area (Å²) in [5, 5.41) is 0.646. The van der Waals surface area contributed by atoms with E-state index in [1.807, 2.05) is 31.2 Å². The van der Waals surface area contributed by atoms with Gasteiger partial charge in [0.1, 0.15) is 16.2 Å². The van der Waals surface area contributed by atoms with Gasteiger partial charge in [-0.15, -0.1) is 0 Å². The highest BCUT2D eigenvalue weighted by Crippen LogP contribution is 2.45. The third kappa shape index (κ3) is 2.87. The number of rotatable bonds is 3. The Kier molecular flexibility index (Phi) is 4.62. The van der Waals surface area contributed by atoms with Gasteiger partial charge in [-0.1, -0.05) is 42.3 Å². The second kappa shape index (κ2) is 6.79. The van der Waals surface area contributed by atoms with E-state index in [2.05, 4.69) is 4.98 Å². The van der Waals surface area contributed by atoms with Crippen molar-refractivity contribution in [3.63, 3.8) is 0 Å². The Labute approximate surface area is 162 Å². The summed E-state index contributed by atoms with van der Waals surface area (Å²) in [6, 6.07) is 9.41. The second-order valence-electron chi connectivity index (χ2n) is 7.18. The molecule has 0 spiro atoms. The van der Waals surface area contributed by atoms with Crippen LogP contribution in [0, 0.1) is 11.8 Å². The first-order chi connectivity index (χ1) is 12.5. The van der Waals surface area contributed by atoms with E-state index in [0.29, 0.717) is 10.3 Å². The van der Waals surface area contributed by atoms with E-state index in [4.69, 9.17) is 23.2 Å². The molecule has 2 saturated carbocycles. The Bertz CT molecular complexity index is 887. The Morgan fingerprint density at radius 2 is 1.73 bits per heavy atom. The lowest BCUT2D eigenvalue weighted by atomic mass is 9.73. The number of aryl methyl sites for hydroxylation is 1. The van der Waals surface area contributed by atoms with Crippen LogP contribution in [0.25, 0.3) is 11.1 Å². The first kappa shape index (κ1) is 17.7. The molecule has 2 fully saturated rings. The summed E-state index contributed by atoms with van der Waals surface area (Å²) >= 11 is 12.2. The summed E-state index contributed by atoms with van der Waals surface area (Å²) in [5.41, 5.74) is 3.48. The van der Waals surface area contributed by atoms with Crippen LogP contribution in [0.1, 0.15) is 43.2 Å². The van der Waals surface area contributed by atoms with Crippen molar-refractivity contribution in [1.82, 2.24) is 4.98 Å². The SMILES string of the molecule is CCc1ccc(-c2ccc(Cl)nc2Cl)cc1C1C(=O)[C@@H]2CC[C@@H](C2)C1=O. The van der Waals surface area contributed by atoms with E-state index in [-0.39, 0.29) is 23.4 Å². The molecular weight excluding hydrogens is 369 g/mol. The molecule has 5 heteroatoms. The van der Waals surface area contributed by atoms with Crippen molar-refractivity contribution >= 4 is 34.8 Å². The standard InChI is InChI=1S/C21H19Cl2NO2/c1-2-11-3-4-12(15-7-8-17(22)24-21(15)23)10-16(11)18-19(25)13-5-6-14(9-13)20(18)26/h3-4,7-8,10,13-14,18H,2,5-6,9H2,1H3/t13-,14+,18?. The average molecular weight is 388 g/mol. The molecule has 4 rings (SSSR count). The predicted octanol–water partition coefficient (Wildman–Crippen LogP) is 5.27. The summed E-state index contributed by atoms with van der Waals surface area (Å²) in [6.45, 7) is 2.04. The molecule has 1 heterocycles. The largest absolute Gasteiger partial charge is 0.298 e. The van der Waals surface area contributed by atoms with E-state index in [1.54, 1.807) is 6.07 Å². The number of benzene rings is 1. The minimum Gasteiger partial charge on any atom is -0.298 e. The fraction of sp³-hybridized carbons (Fsp3) is 0.381. The van der Waals surface area contributed by atoms with E-state index in [1.165, 1.54) is 0 Å². The highest BCUT2D eigenvalue weighted by Gasteiger charge is 2.47. The van der Waals surface area contributed by atoms with Crippen LogP contribution in [0.2, 0.25) is 10.3 Å². The fourth-order valence-electron chi connectivity index (χ4n) is 4.40. The van der Waals surface area contributed by atoms with Crippen LogP contribution in [-0.2, 0) is 16.0 Å². The van der Waals surface area contributed by atoms with Crippen molar-refractivity contribution in [3.8, 4) is 11.1 Å². The Balaban J connectivity index is 1.83. The molecule has 1 aromatic heterocycles. The first-order valence-corrected chi connectivity index (χ1v) is 9.78. The number of pyridine rings is 1. The number of carbonyl (C=O) groups is 2. The molecule has 0 aliphatic heterocycles. The third-order valence-electron chi connectivity index (χ3n) is 5.77. The summed E-state index contributed by atoms with van der Waals surface area (Å²) in [6.07, 6.45) is 3.20. The maximum Gasteiger partial charge on any atom is 0.150 e. The molecule has 2 aliphatic rings. The van der Waals surface area contributed by atoms with Crippen LogP contribution in [0.4, 0.5) is 0 Å². The van der Waals surface area contributed by atoms with Gasteiger partial charge in [-0.3, -0.25) is 9.59 Å². The van der Waals surface area contributed by atoms with Gasteiger partial charge >= 0.3 is 0 Å². The van der Waals surface area contributed by atoms with Crippen LogP contribution in [-0.4, -0.2) is 16.6 Å². The first-order valence-electron chi connectivity index (χ1n) is 9.02. The lowest BCUT2D eigenvalue weighted by Crippen LogP contribution is -2.35. The summed E-state index contributed by atoms with van der Waals surface area (Å²) < 4.78 is 0. The zero-order chi connectivity index (χ0) is 18.4. The van der Waals surface area contributed by atoms with E-state index < -0.39 is 5.92 Å². The molecule has 2 aromatic rings. The number of nitrogens with zero attached hydrogens (tertiary/aromatic N) is 1. The van der Waals surface area contributed by atoms with Gasteiger partial charge in [0.05, 0.1) is 0 Å². The van der Waals surface area contributed by atoms with Gasteiger partial charge in [0, 0.05) is 17.4 Å². The van der Waals surface area contributed by atoms with Crippen molar-refractivity contribution < 1.29 is 9.59 Å². The fourth-order valence-corrected chi connectivity index (χ4v) is 4.85. The zero-order valence-electron chi connectivity index (χ0n) is 14.5. The lowest BCUT2D eigenvalue weighted by molar-refractivity contribution is -0.135. The molecule has 0 saturated heterocycles. The quantitative estimate of drug-likeness (QED) is 0.532. The molecule has 1 unspecified atom stereocenters. The summed E-state index contributed by atoms with van der Waals surface area (Å²) in [7, 11) is 0. The number of ketones is 2. The number of hydrogen-bond acceptors (Lipinski definition) is 3. The van der Waals surface area contributed by atoms with Gasteiger partial charge in [-0.05, 0) is 60.6 Å². The van der Waals surface area contributed by atoms with Crippen molar-refractivity contribution in [3.05, 3.63) is 51.8 Å². The van der Waals surface area contributed by atoms with Gasteiger partial charge in [0.2, 0.25) is 0 Å². The molecule has 26 heavy (non-hydrogen) atoms. The van der Waals surface area contributed by atoms with Crippen molar-refractivity contribution in [2.24, 2.45) is 11.8 Å². The Morgan fingerprint density at radius 1 is 1.04 bits per heavy atom. The molecule has 0 amide bonds. The van der Waals surface area contributed by atoms with Crippen LogP contribution in [0.15, 0.2) is 30.3 Å². The zero-order valence-corrected chi connectivity index (χ0v) is 16.0. The summed E-state index contributed by atoms with van der Waals surface area (Å²) in [5.74, 6) is -0.365. The van der Waals surface area contributed by atoms with Gasteiger partial charge < -0.3 is 0 Å². The third-order valence-corrected chi connectivity index (χ3v) is 6.27. The smallest absolute Gasteiger partial charge is 0.150 e. The monoisotopic (exact) mass is 387 g/mol. The molecule has 0 radical (unpaired) electrons. The molecule has 0 N–H and O–H groups in total. The predicted molar refractivity (Wildman–Crippen MR) is 103 cm³/mol. The molecule has 2 aliphatic carbocycles. The highest BCUT2D eigenvalue weighted by atomic mass is 35.5. The number of Topliss-reactive ketones (excluding diaryl/α,β-unsaturated/α-hetero) is 2.